The van der Waals surface area contributed by atoms with E-state index in [2.05, 4.69) is 57.7 Å². The summed E-state index contributed by atoms with van der Waals surface area (Å²) in [6, 6.07) is 16.9. The first-order chi connectivity index (χ1) is 12.4. The maximum atomic E-state index is 5.03. The van der Waals surface area contributed by atoms with Gasteiger partial charge in [0.2, 0.25) is 0 Å². The topological polar surface area (TPSA) is 53.6 Å². The number of H-pyrrole nitrogens is 1. The molecule has 0 bridgehead atoms. The van der Waals surface area contributed by atoms with Gasteiger partial charge in [0, 0.05) is 39.7 Å². The lowest BCUT2D eigenvalue weighted by molar-refractivity contribution is 0.453. The molecule has 0 radical (unpaired) electrons. The standard InChI is InChI=1S/C21H20N4/c1-2-5-19-15(4-1)20-16(10-13-23-21(20)25-19)18-7-3-6-17(24-18)14-8-11-22-12-9-14/h1-7,10,13-14,22H,8-9,11-12H2,(H,23,25). The van der Waals surface area contributed by atoms with E-state index in [-0.39, 0.29) is 0 Å². The van der Waals surface area contributed by atoms with Gasteiger partial charge < -0.3 is 10.3 Å². The van der Waals surface area contributed by atoms with Gasteiger partial charge in [0.25, 0.3) is 0 Å². The molecule has 4 aromatic rings. The van der Waals surface area contributed by atoms with Crippen LogP contribution in [0.3, 0.4) is 0 Å². The minimum absolute atomic E-state index is 0.557. The van der Waals surface area contributed by atoms with Crippen molar-refractivity contribution in [2.45, 2.75) is 18.8 Å². The number of rotatable bonds is 2. The second-order valence-corrected chi connectivity index (χ2v) is 6.72. The molecule has 4 heterocycles. The van der Waals surface area contributed by atoms with Crippen molar-refractivity contribution in [3.8, 4) is 11.3 Å². The van der Waals surface area contributed by atoms with E-state index in [0.717, 1.165) is 53.7 Å². The third kappa shape index (κ3) is 2.50. The van der Waals surface area contributed by atoms with Crippen LogP contribution >= 0.6 is 0 Å². The minimum atomic E-state index is 0.557. The lowest BCUT2D eigenvalue weighted by atomic mass is 9.93. The van der Waals surface area contributed by atoms with E-state index in [1.807, 2.05) is 12.3 Å². The molecule has 3 aromatic heterocycles. The molecule has 0 amide bonds. The van der Waals surface area contributed by atoms with Gasteiger partial charge in [-0.05, 0) is 50.2 Å². The zero-order chi connectivity index (χ0) is 16.6. The molecule has 0 unspecified atom stereocenters. The van der Waals surface area contributed by atoms with Crippen molar-refractivity contribution in [1.82, 2.24) is 20.3 Å². The summed E-state index contributed by atoms with van der Waals surface area (Å²) in [6.45, 7) is 2.16. The Kier molecular flexibility index (Phi) is 3.49. The van der Waals surface area contributed by atoms with E-state index in [9.17, 15) is 0 Å². The van der Waals surface area contributed by atoms with Gasteiger partial charge in [0.05, 0.1) is 5.69 Å². The summed E-state index contributed by atoms with van der Waals surface area (Å²) in [4.78, 5) is 13.0. The number of aromatic amines is 1. The Morgan fingerprint density at radius 1 is 0.920 bits per heavy atom. The maximum Gasteiger partial charge on any atom is 0.138 e. The zero-order valence-corrected chi connectivity index (χ0v) is 14.0. The lowest BCUT2D eigenvalue weighted by Gasteiger charge is -2.22. The van der Waals surface area contributed by atoms with E-state index in [0.29, 0.717) is 5.92 Å². The third-order valence-corrected chi connectivity index (χ3v) is 5.20. The Hall–Kier alpha value is -2.72. The van der Waals surface area contributed by atoms with Crippen molar-refractivity contribution in [2.75, 3.05) is 13.1 Å². The average molecular weight is 328 g/mol. The zero-order valence-electron chi connectivity index (χ0n) is 14.0. The summed E-state index contributed by atoms with van der Waals surface area (Å²) in [5.41, 5.74) is 5.44. The van der Waals surface area contributed by atoms with Crippen LogP contribution in [0.4, 0.5) is 0 Å². The molecular formula is C21H20N4. The highest BCUT2D eigenvalue weighted by Gasteiger charge is 2.18. The predicted octanol–water partition coefficient (Wildman–Crippen LogP) is 4.25. The summed E-state index contributed by atoms with van der Waals surface area (Å²) in [5.74, 6) is 0.557. The molecule has 2 N–H and O–H groups in total. The van der Waals surface area contributed by atoms with Crippen LogP contribution in [0.1, 0.15) is 24.5 Å². The second-order valence-electron chi connectivity index (χ2n) is 6.72. The first-order valence-electron chi connectivity index (χ1n) is 8.93. The summed E-state index contributed by atoms with van der Waals surface area (Å²) < 4.78 is 0. The van der Waals surface area contributed by atoms with E-state index in [1.54, 1.807) is 0 Å². The second kappa shape index (κ2) is 5.97. The summed E-state index contributed by atoms with van der Waals surface area (Å²) in [6.07, 6.45) is 4.19. The monoisotopic (exact) mass is 328 g/mol. The summed E-state index contributed by atoms with van der Waals surface area (Å²) in [5, 5.41) is 5.80. The number of hydrogen-bond donors (Lipinski definition) is 2. The van der Waals surface area contributed by atoms with Gasteiger partial charge in [-0.3, -0.25) is 4.98 Å². The summed E-state index contributed by atoms with van der Waals surface area (Å²) >= 11 is 0. The SMILES string of the molecule is c1cc(-c2ccnc3[nH]c4ccccc4c23)nc(C2CCNCC2)c1. The van der Waals surface area contributed by atoms with Crippen molar-refractivity contribution >= 4 is 21.9 Å². The average Bonchev–Trinajstić information content (AvgIpc) is 3.07. The van der Waals surface area contributed by atoms with Crippen LogP contribution in [0, 0.1) is 0 Å². The van der Waals surface area contributed by atoms with Gasteiger partial charge in [0.1, 0.15) is 5.65 Å². The molecular weight excluding hydrogens is 308 g/mol. The Labute approximate surface area is 146 Å². The molecule has 124 valence electrons. The lowest BCUT2D eigenvalue weighted by Crippen LogP contribution is -2.27. The van der Waals surface area contributed by atoms with Crippen molar-refractivity contribution in [1.29, 1.82) is 0 Å². The Morgan fingerprint density at radius 2 is 1.80 bits per heavy atom. The maximum absolute atomic E-state index is 5.03. The van der Waals surface area contributed by atoms with Gasteiger partial charge in [-0.2, -0.15) is 0 Å². The molecule has 1 aliphatic rings. The van der Waals surface area contributed by atoms with Crippen molar-refractivity contribution < 1.29 is 0 Å². The molecule has 4 nitrogen and oxygen atoms in total. The number of aromatic nitrogens is 3. The molecule has 0 saturated carbocycles. The van der Waals surface area contributed by atoms with Gasteiger partial charge in [-0.1, -0.05) is 24.3 Å². The van der Waals surface area contributed by atoms with E-state index in [1.165, 1.54) is 11.1 Å². The molecule has 5 rings (SSSR count). The molecule has 0 atom stereocenters. The Morgan fingerprint density at radius 3 is 2.72 bits per heavy atom. The Bertz CT molecular complexity index is 1040. The Balaban J connectivity index is 1.68. The number of benzene rings is 1. The van der Waals surface area contributed by atoms with Crippen molar-refractivity contribution in [3.63, 3.8) is 0 Å². The van der Waals surface area contributed by atoms with Crippen molar-refractivity contribution in [3.05, 3.63) is 60.4 Å². The fourth-order valence-corrected chi connectivity index (χ4v) is 3.93. The van der Waals surface area contributed by atoms with Gasteiger partial charge in [-0.25, -0.2) is 4.98 Å². The number of nitrogens with zero attached hydrogens (tertiary/aromatic N) is 2. The number of fused-ring (bicyclic) bond motifs is 3. The smallest absolute Gasteiger partial charge is 0.138 e. The van der Waals surface area contributed by atoms with E-state index >= 15 is 0 Å². The highest BCUT2D eigenvalue weighted by molar-refractivity contribution is 6.12. The molecule has 1 saturated heterocycles. The van der Waals surface area contributed by atoms with Crippen molar-refractivity contribution in [2.24, 2.45) is 0 Å². The molecule has 1 fully saturated rings. The van der Waals surface area contributed by atoms with E-state index in [4.69, 9.17) is 4.98 Å². The highest BCUT2D eigenvalue weighted by Crippen LogP contribution is 2.33. The minimum Gasteiger partial charge on any atom is -0.339 e. The van der Waals surface area contributed by atoms with Crippen LogP contribution in [0.15, 0.2) is 54.7 Å². The highest BCUT2D eigenvalue weighted by atomic mass is 14.9. The van der Waals surface area contributed by atoms with Crippen LogP contribution < -0.4 is 5.32 Å². The molecule has 25 heavy (non-hydrogen) atoms. The fourth-order valence-electron chi connectivity index (χ4n) is 3.93. The van der Waals surface area contributed by atoms with Crippen LogP contribution in [0.5, 0.6) is 0 Å². The number of nitrogens with one attached hydrogen (secondary N) is 2. The third-order valence-electron chi connectivity index (χ3n) is 5.20. The molecule has 1 aromatic carbocycles. The molecule has 1 aliphatic heterocycles. The van der Waals surface area contributed by atoms with Crippen LogP contribution in [0.25, 0.3) is 33.2 Å². The van der Waals surface area contributed by atoms with Crippen LogP contribution in [0.2, 0.25) is 0 Å². The number of hydrogen-bond acceptors (Lipinski definition) is 3. The largest absolute Gasteiger partial charge is 0.339 e. The van der Waals surface area contributed by atoms with Gasteiger partial charge in [0.15, 0.2) is 0 Å². The van der Waals surface area contributed by atoms with Gasteiger partial charge in [-0.15, -0.1) is 0 Å². The quantitative estimate of drug-likeness (QED) is 0.578. The van der Waals surface area contributed by atoms with E-state index < -0.39 is 0 Å². The first-order valence-corrected chi connectivity index (χ1v) is 8.93. The van der Waals surface area contributed by atoms with Crippen LogP contribution in [-0.2, 0) is 0 Å². The molecule has 0 aliphatic carbocycles. The number of pyridine rings is 2. The molecule has 4 heteroatoms. The number of para-hydroxylation sites is 1. The normalized spacial score (nSPS) is 15.8. The fraction of sp³-hybridized carbons (Fsp3) is 0.238. The molecule has 0 spiro atoms. The predicted molar refractivity (Wildman–Crippen MR) is 102 cm³/mol. The number of piperidine rings is 1. The van der Waals surface area contributed by atoms with Gasteiger partial charge >= 0.3 is 0 Å². The first kappa shape index (κ1) is 14.6. The summed E-state index contributed by atoms with van der Waals surface area (Å²) in [7, 11) is 0. The van der Waals surface area contributed by atoms with Crippen LogP contribution in [-0.4, -0.2) is 28.0 Å².